The Morgan fingerprint density at radius 3 is 2.38 bits per heavy atom. The molecular weight excluding hydrogens is 226 g/mol. The monoisotopic (exact) mass is 241 g/mol. The van der Waals surface area contributed by atoms with Crippen LogP contribution in [0.4, 0.5) is 0 Å². The first-order chi connectivity index (χ1) is 7.60. The minimum absolute atomic E-state index is 0.318. The second-order valence-corrected chi connectivity index (χ2v) is 4.36. The smallest absolute Gasteiger partial charge is 0.242 e. The van der Waals surface area contributed by atoms with Crippen LogP contribution >= 0.6 is 11.8 Å². The van der Waals surface area contributed by atoms with Crippen molar-refractivity contribution in [2.24, 2.45) is 0 Å². The van der Waals surface area contributed by atoms with Gasteiger partial charge in [0.25, 0.3) is 0 Å². The van der Waals surface area contributed by atoms with Gasteiger partial charge in [0.15, 0.2) is 0 Å². The van der Waals surface area contributed by atoms with Crippen LogP contribution in [0.5, 0.6) is 0 Å². The highest BCUT2D eigenvalue weighted by Crippen LogP contribution is 2.23. The van der Waals surface area contributed by atoms with E-state index < -0.39 is 17.1 Å². The zero-order valence-corrected chi connectivity index (χ0v) is 10.1. The van der Waals surface area contributed by atoms with Gasteiger partial charge in [0.2, 0.25) is 6.04 Å². The molecular formula is C11H15NO3S. The van der Waals surface area contributed by atoms with Crippen LogP contribution in [0.2, 0.25) is 0 Å². The summed E-state index contributed by atoms with van der Waals surface area (Å²) in [5.74, 6) is 0. The van der Waals surface area contributed by atoms with Gasteiger partial charge in [0.05, 0.1) is 0 Å². The van der Waals surface area contributed by atoms with Crippen molar-refractivity contribution in [3.8, 4) is 0 Å². The summed E-state index contributed by atoms with van der Waals surface area (Å²) in [7, 11) is 0. The number of nitro groups is 1. The number of thioether (sulfide) groups is 1. The van der Waals surface area contributed by atoms with Gasteiger partial charge in [-0.2, -0.15) is 0 Å². The molecule has 0 fully saturated rings. The van der Waals surface area contributed by atoms with E-state index >= 15 is 0 Å². The summed E-state index contributed by atoms with van der Waals surface area (Å²) < 4.78 is 0. The van der Waals surface area contributed by atoms with E-state index in [1.165, 1.54) is 0 Å². The van der Waals surface area contributed by atoms with Gasteiger partial charge in [-0.1, -0.05) is 19.1 Å². The number of hydrogen-bond acceptors (Lipinski definition) is 4. The number of hydrogen-bond donors (Lipinski definition) is 1. The Morgan fingerprint density at radius 1 is 1.44 bits per heavy atom. The van der Waals surface area contributed by atoms with Crippen molar-refractivity contribution >= 4 is 11.8 Å². The van der Waals surface area contributed by atoms with E-state index in [2.05, 4.69) is 0 Å². The van der Waals surface area contributed by atoms with Crippen molar-refractivity contribution in [2.75, 3.05) is 6.26 Å². The van der Waals surface area contributed by atoms with Gasteiger partial charge in [-0.15, -0.1) is 11.8 Å². The first-order valence-electron chi connectivity index (χ1n) is 5.05. The molecule has 4 nitrogen and oxygen atoms in total. The predicted molar refractivity (Wildman–Crippen MR) is 64.3 cm³/mol. The molecule has 0 heterocycles. The van der Waals surface area contributed by atoms with Crippen molar-refractivity contribution < 1.29 is 10.0 Å². The summed E-state index contributed by atoms with van der Waals surface area (Å²) in [6.07, 6.45) is 1.24. The van der Waals surface area contributed by atoms with Crippen LogP contribution in [0.15, 0.2) is 29.2 Å². The largest absolute Gasteiger partial charge is 0.381 e. The molecule has 1 N–H and O–H groups in total. The van der Waals surface area contributed by atoms with E-state index in [0.29, 0.717) is 12.0 Å². The van der Waals surface area contributed by atoms with E-state index in [4.69, 9.17) is 0 Å². The molecule has 0 aliphatic heterocycles. The summed E-state index contributed by atoms with van der Waals surface area (Å²) in [6.45, 7) is 1.70. The van der Waals surface area contributed by atoms with Gasteiger partial charge >= 0.3 is 0 Å². The molecule has 0 saturated heterocycles. The van der Waals surface area contributed by atoms with Gasteiger partial charge < -0.3 is 5.11 Å². The third-order valence-electron chi connectivity index (χ3n) is 2.51. The summed E-state index contributed by atoms with van der Waals surface area (Å²) in [5, 5.41) is 20.6. The molecule has 1 aromatic rings. The van der Waals surface area contributed by atoms with Crippen molar-refractivity contribution in [1.29, 1.82) is 0 Å². The zero-order valence-electron chi connectivity index (χ0n) is 9.29. The van der Waals surface area contributed by atoms with Crippen molar-refractivity contribution in [3.63, 3.8) is 0 Å². The second kappa shape index (κ2) is 5.86. The lowest BCUT2D eigenvalue weighted by Crippen LogP contribution is -2.26. The number of nitrogens with zero attached hydrogens (tertiary/aromatic N) is 1. The van der Waals surface area contributed by atoms with E-state index in [-0.39, 0.29) is 0 Å². The van der Waals surface area contributed by atoms with Gasteiger partial charge in [0.1, 0.15) is 6.10 Å². The Morgan fingerprint density at radius 2 is 2.00 bits per heavy atom. The lowest BCUT2D eigenvalue weighted by molar-refractivity contribution is -0.536. The summed E-state index contributed by atoms with van der Waals surface area (Å²) in [5.41, 5.74) is 0.598. The predicted octanol–water partition coefficient (Wildman–Crippen LogP) is 2.50. The number of benzene rings is 1. The summed E-state index contributed by atoms with van der Waals surface area (Å²) >= 11 is 1.59. The highest BCUT2D eigenvalue weighted by atomic mass is 32.2. The van der Waals surface area contributed by atoms with Crippen LogP contribution in [-0.2, 0) is 0 Å². The maximum atomic E-state index is 10.7. The lowest BCUT2D eigenvalue weighted by Gasteiger charge is -2.14. The fraction of sp³-hybridized carbons (Fsp3) is 0.455. The SMILES string of the molecule is CCC(C(O)c1ccc(SC)cc1)[N+](=O)[O-]. The van der Waals surface area contributed by atoms with Crippen molar-refractivity contribution in [2.45, 2.75) is 30.4 Å². The Balaban J connectivity index is 2.86. The molecule has 0 spiro atoms. The molecule has 88 valence electrons. The van der Waals surface area contributed by atoms with Crippen LogP contribution in [0, 0.1) is 10.1 Å². The number of aliphatic hydroxyl groups is 1. The van der Waals surface area contributed by atoms with Crippen LogP contribution < -0.4 is 0 Å². The molecule has 1 aromatic carbocycles. The average Bonchev–Trinajstić information content (AvgIpc) is 2.29. The second-order valence-electron chi connectivity index (χ2n) is 3.48. The highest BCUT2D eigenvalue weighted by molar-refractivity contribution is 7.98. The van der Waals surface area contributed by atoms with E-state index in [1.54, 1.807) is 30.8 Å². The Bertz CT molecular complexity index is 353. The maximum absolute atomic E-state index is 10.7. The molecule has 5 heteroatoms. The van der Waals surface area contributed by atoms with Gasteiger partial charge in [-0.05, 0) is 24.0 Å². The first kappa shape index (κ1) is 13.0. The molecule has 2 unspecified atom stereocenters. The van der Waals surface area contributed by atoms with Crippen LogP contribution in [0.1, 0.15) is 25.0 Å². The molecule has 0 saturated carbocycles. The number of rotatable bonds is 5. The number of aliphatic hydroxyl groups excluding tert-OH is 1. The van der Waals surface area contributed by atoms with Crippen LogP contribution in [-0.4, -0.2) is 22.3 Å². The Hall–Kier alpha value is -1.07. The van der Waals surface area contributed by atoms with Gasteiger partial charge in [-0.3, -0.25) is 10.1 Å². The van der Waals surface area contributed by atoms with Crippen molar-refractivity contribution in [3.05, 3.63) is 39.9 Å². The molecule has 16 heavy (non-hydrogen) atoms. The average molecular weight is 241 g/mol. The fourth-order valence-corrected chi connectivity index (χ4v) is 1.92. The van der Waals surface area contributed by atoms with Gasteiger partial charge in [-0.25, -0.2) is 0 Å². The molecule has 0 radical (unpaired) electrons. The molecule has 2 atom stereocenters. The highest BCUT2D eigenvalue weighted by Gasteiger charge is 2.28. The molecule has 0 aliphatic carbocycles. The van der Waals surface area contributed by atoms with Crippen molar-refractivity contribution in [1.82, 2.24) is 0 Å². The Labute approximate surface area is 98.8 Å². The third-order valence-corrected chi connectivity index (χ3v) is 3.25. The molecule has 0 aliphatic rings. The molecule has 1 rings (SSSR count). The van der Waals surface area contributed by atoms with E-state index in [0.717, 1.165) is 4.90 Å². The minimum atomic E-state index is -1.03. The Kier molecular flexibility index (Phi) is 4.76. The standard InChI is InChI=1S/C11H15NO3S/c1-3-10(12(14)15)11(13)8-4-6-9(16-2)7-5-8/h4-7,10-11,13H,3H2,1-2H3. The third kappa shape index (κ3) is 2.96. The molecule has 0 bridgehead atoms. The van der Waals surface area contributed by atoms with Crippen LogP contribution in [0.3, 0.4) is 0 Å². The van der Waals surface area contributed by atoms with E-state index in [1.807, 2.05) is 18.4 Å². The summed E-state index contributed by atoms with van der Waals surface area (Å²) in [6, 6.07) is 6.26. The van der Waals surface area contributed by atoms with Gasteiger partial charge in [0, 0.05) is 16.2 Å². The normalized spacial score (nSPS) is 14.4. The van der Waals surface area contributed by atoms with Crippen LogP contribution in [0.25, 0.3) is 0 Å². The minimum Gasteiger partial charge on any atom is -0.381 e. The zero-order chi connectivity index (χ0) is 12.1. The van der Waals surface area contributed by atoms with E-state index in [9.17, 15) is 15.2 Å². The topological polar surface area (TPSA) is 63.4 Å². The first-order valence-corrected chi connectivity index (χ1v) is 6.28. The maximum Gasteiger partial charge on any atom is 0.242 e. The lowest BCUT2D eigenvalue weighted by atomic mass is 10.0. The molecule has 0 amide bonds. The fourth-order valence-electron chi connectivity index (χ4n) is 1.51. The summed E-state index contributed by atoms with van der Waals surface area (Å²) in [4.78, 5) is 11.4. The quantitative estimate of drug-likeness (QED) is 0.488. The molecule has 0 aromatic heterocycles.